The van der Waals surface area contributed by atoms with Crippen molar-refractivity contribution in [3.05, 3.63) is 23.2 Å². The van der Waals surface area contributed by atoms with E-state index in [0.717, 1.165) is 5.01 Å². The molecule has 0 unspecified atom stereocenters. The predicted molar refractivity (Wildman–Crippen MR) is 100 cm³/mol. The number of methoxy groups -OCH3 is 2. The molecule has 140 valence electrons. The maximum Gasteiger partial charge on any atom is 0.226 e. The average molecular weight is 378 g/mol. The lowest BCUT2D eigenvalue weighted by Gasteiger charge is -2.11. The van der Waals surface area contributed by atoms with E-state index in [2.05, 4.69) is 20.8 Å². The van der Waals surface area contributed by atoms with Gasteiger partial charge in [0.15, 0.2) is 0 Å². The molecule has 2 N–H and O–H groups in total. The van der Waals surface area contributed by atoms with Gasteiger partial charge in [-0.05, 0) is 12.1 Å². The van der Waals surface area contributed by atoms with Crippen LogP contribution in [0.2, 0.25) is 0 Å². The lowest BCUT2D eigenvalue weighted by atomic mass is 10.2. The number of benzene rings is 1. The maximum absolute atomic E-state index is 12.1. The van der Waals surface area contributed by atoms with Crippen molar-refractivity contribution in [2.75, 3.05) is 24.9 Å². The van der Waals surface area contributed by atoms with Crippen LogP contribution in [0.1, 0.15) is 37.6 Å². The van der Waals surface area contributed by atoms with E-state index in [9.17, 15) is 9.59 Å². The van der Waals surface area contributed by atoms with Gasteiger partial charge in [0.25, 0.3) is 0 Å². The number of hydrogen-bond donors (Lipinski definition) is 2. The van der Waals surface area contributed by atoms with E-state index in [1.165, 1.54) is 18.4 Å². The van der Waals surface area contributed by atoms with Crippen molar-refractivity contribution in [1.82, 2.24) is 10.2 Å². The molecule has 1 aromatic carbocycles. The summed E-state index contributed by atoms with van der Waals surface area (Å²) < 4.78 is 10.3. The molecule has 2 aromatic rings. The second-order valence-electron chi connectivity index (χ2n) is 5.76. The Hall–Kier alpha value is -2.68. The van der Waals surface area contributed by atoms with E-state index >= 15 is 0 Å². The molecule has 0 aliphatic rings. The minimum Gasteiger partial charge on any atom is -0.497 e. The molecule has 0 spiro atoms. The van der Waals surface area contributed by atoms with Crippen molar-refractivity contribution in [2.45, 2.75) is 32.6 Å². The van der Waals surface area contributed by atoms with Crippen molar-refractivity contribution >= 4 is 34.0 Å². The number of anilines is 2. The topological polar surface area (TPSA) is 102 Å². The van der Waals surface area contributed by atoms with E-state index in [1.54, 1.807) is 25.3 Å². The third-order valence-electron chi connectivity index (χ3n) is 3.44. The zero-order valence-electron chi connectivity index (χ0n) is 15.2. The molecular formula is C17H22N4O4S. The highest BCUT2D eigenvalue weighted by Gasteiger charge is 2.13. The quantitative estimate of drug-likeness (QED) is 0.732. The molecule has 26 heavy (non-hydrogen) atoms. The van der Waals surface area contributed by atoms with Gasteiger partial charge in [0.2, 0.25) is 16.9 Å². The van der Waals surface area contributed by atoms with Gasteiger partial charge in [0.05, 0.1) is 19.9 Å². The first-order valence-corrected chi connectivity index (χ1v) is 8.89. The van der Waals surface area contributed by atoms with Crippen LogP contribution in [0.25, 0.3) is 0 Å². The molecule has 0 atom stereocenters. The Labute approximate surface area is 155 Å². The molecule has 0 saturated carbocycles. The van der Waals surface area contributed by atoms with Crippen LogP contribution in [0.15, 0.2) is 18.2 Å². The summed E-state index contributed by atoms with van der Waals surface area (Å²) in [6.07, 6.45) is 0.0811. The molecule has 0 saturated heterocycles. The lowest BCUT2D eigenvalue weighted by molar-refractivity contribution is -0.121. The van der Waals surface area contributed by atoms with Crippen LogP contribution < -0.4 is 20.1 Å². The lowest BCUT2D eigenvalue weighted by Crippen LogP contribution is -2.17. The Balaban J connectivity index is 1.85. The minimum absolute atomic E-state index is 0.0385. The molecule has 0 aliphatic heterocycles. The number of ether oxygens (including phenoxy) is 2. The number of rotatable bonds is 8. The van der Waals surface area contributed by atoms with Crippen LogP contribution in [0, 0.1) is 0 Å². The highest BCUT2D eigenvalue weighted by molar-refractivity contribution is 7.15. The number of hydrogen-bond acceptors (Lipinski definition) is 7. The summed E-state index contributed by atoms with van der Waals surface area (Å²) in [6.45, 7) is 4.01. The Bertz CT molecular complexity index is 776. The predicted octanol–water partition coefficient (Wildman–Crippen LogP) is 3.04. The Morgan fingerprint density at radius 3 is 2.35 bits per heavy atom. The number of carbonyl (C=O) groups excluding carboxylic acids is 2. The summed E-state index contributed by atoms with van der Waals surface area (Å²) in [5.74, 6) is 0.787. The van der Waals surface area contributed by atoms with E-state index < -0.39 is 0 Å². The Morgan fingerprint density at radius 2 is 1.77 bits per heavy atom. The average Bonchev–Trinajstić information content (AvgIpc) is 3.09. The van der Waals surface area contributed by atoms with Gasteiger partial charge in [-0.25, -0.2) is 0 Å². The van der Waals surface area contributed by atoms with Crippen molar-refractivity contribution in [3.63, 3.8) is 0 Å². The first-order valence-electron chi connectivity index (χ1n) is 8.08. The van der Waals surface area contributed by atoms with Gasteiger partial charge >= 0.3 is 0 Å². The molecule has 9 heteroatoms. The molecule has 1 aromatic heterocycles. The monoisotopic (exact) mass is 378 g/mol. The minimum atomic E-state index is -0.288. The summed E-state index contributed by atoms with van der Waals surface area (Å²) in [4.78, 5) is 24.0. The van der Waals surface area contributed by atoms with Gasteiger partial charge < -0.3 is 20.1 Å². The maximum atomic E-state index is 12.1. The van der Waals surface area contributed by atoms with Crippen LogP contribution in [0.4, 0.5) is 10.8 Å². The fraction of sp³-hybridized carbons (Fsp3) is 0.412. The van der Waals surface area contributed by atoms with Gasteiger partial charge in [-0.15, -0.1) is 10.2 Å². The van der Waals surface area contributed by atoms with Gasteiger partial charge in [0.1, 0.15) is 16.5 Å². The summed E-state index contributed by atoms with van der Waals surface area (Å²) >= 11 is 1.33. The standard InChI is InChI=1S/C17H22N4O4S/c1-10(2)16-20-21-17(26-16)19-15(23)8-7-14(22)18-12-6-5-11(24-3)9-13(12)25-4/h5-6,9-10H,7-8H2,1-4H3,(H,18,22)(H,19,21,23). The van der Waals surface area contributed by atoms with Gasteiger partial charge in [-0.3, -0.25) is 9.59 Å². The number of carbonyl (C=O) groups is 2. The summed E-state index contributed by atoms with van der Waals surface area (Å²) in [5.41, 5.74) is 0.518. The third-order valence-corrected chi connectivity index (χ3v) is 4.58. The van der Waals surface area contributed by atoms with Crippen molar-refractivity contribution in [1.29, 1.82) is 0 Å². The molecule has 0 fully saturated rings. The number of nitrogens with one attached hydrogen (secondary N) is 2. The normalized spacial score (nSPS) is 10.5. The molecular weight excluding hydrogens is 356 g/mol. The molecule has 2 rings (SSSR count). The summed E-state index contributed by atoms with van der Waals surface area (Å²) in [5, 5.41) is 14.6. The number of amides is 2. The fourth-order valence-electron chi connectivity index (χ4n) is 2.04. The largest absolute Gasteiger partial charge is 0.497 e. The van der Waals surface area contributed by atoms with Crippen LogP contribution in [-0.4, -0.2) is 36.2 Å². The van der Waals surface area contributed by atoms with Crippen molar-refractivity contribution < 1.29 is 19.1 Å². The first kappa shape index (κ1) is 19.6. The van der Waals surface area contributed by atoms with Crippen LogP contribution in [0.3, 0.4) is 0 Å². The first-order chi connectivity index (χ1) is 12.4. The smallest absolute Gasteiger partial charge is 0.226 e. The molecule has 1 heterocycles. The molecule has 0 bridgehead atoms. The van der Waals surface area contributed by atoms with E-state index in [0.29, 0.717) is 22.3 Å². The van der Waals surface area contributed by atoms with Crippen molar-refractivity contribution in [3.8, 4) is 11.5 Å². The number of aromatic nitrogens is 2. The Morgan fingerprint density at radius 1 is 1.08 bits per heavy atom. The van der Waals surface area contributed by atoms with Crippen LogP contribution in [-0.2, 0) is 9.59 Å². The molecule has 0 radical (unpaired) electrons. The number of nitrogens with zero attached hydrogens (tertiary/aromatic N) is 2. The van der Waals surface area contributed by atoms with E-state index in [1.807, 2.05) is 13.8 Å². The summed E-state index contributed by atoms with van der Waals surface area (Å²) in [6, 6.07) is 5.07. The zero-order chi connectivity index (χ0) is 19.1. The SMILES string of the molecule is COc1ccc(NC(=O)CCC(=O)Nc2nnc(C(C)C)s2)c(OC)c1. The summed E-state index contributed by atoms with van der Waals surface area (Å²) in [7, 11) is 3.05. The van der Waals surface area contributed by atoms with E-state index in [4.69, 9.17) is 9.47 Å². The second-order valence-corrected chi connectivity index (χ2v) is 6.77. The second kappa shape index (κ2) is 9.14. The molecule has 0 aliphatic carbocycles. The zero-order valence-corrected chi connectivity index (χ0v) is 16.0. The van der Waals surface area contributed by atoms with Crippen LogP contribution in [0.5, 0.6) is 11.5 Å². The highest BCUT2D eigenvalue weighted by atomic mass is 32.1. The Kier molecular flexibility index (Phi) is 6.90. The highest BCUT2D eigenvalue weighted by Crippen LogP contribution is 2.29. The van der Waals surface area contributed by atoms with E-state index in [-0.39, 0.29) is 30.6 Å². The van der Waals surface area contributed by atoms with Gasteiger partial charge in [0, 0.05) is 24.8 Å². The third kappa shape index (κ3) is 5.41. The molecule has 2 amide bonds. The molecule has 8 nitrogen and oxygen atoms in total. The van der Waals surface area contributed by atoms with Gasteiger partial charge in [-0.2, -0.15) is 0 Å². The van der Waals surface area contributed by atoms with Crippen LogP contribution >= 0.6 is 11.3 Å². The fourth-order valence-corrected chi connectivity index (χ4v) is 2.80. The van der Waals surface area contributed by atoms with Gasteiger partial charge in [-0.1, -0.05) is 25.2 Å². The van der Waals surface area contributed by atoms with Crippen molar-refractivity contribution in [2.24, 2.45) is 0 Å².